The molecule has 1 saturated heterocycles. The summed E-state index contributed by atoms with van der Waals surface area (Å²) >= 11 is 1.49. The number of carbonyl (C=O) groups is 1. The van der Waals surface area contributed by atoms with Crippen molar-refractivity contribution in [1.29, 1.82) is 0 Å². The maximum absolute atomic E-state index is 13.2. The second kappa shape index (κ2) is 8.56. The summed E-state index contributed by atoms with van der Waals surface area (Å²) < 4.78 is 12.0. The number of methoxy groups -OCH3 is 1. The predicted octanol–water partition coefficient (Wildman–Crippen LogP) is 4.05. The third-order valence-electron chi connectivity index (χ3n) is 7.12. The van der Waals surface area contributed by atoms with Crippen LogP contribution in [0.25, 0.3) is 10.2 Å². The van der Waals surface area contributed by atoms with Gasteiger partial charge in [-0.2, -0.15) is 0 Å². The zero-order valence-corrected chi connectivity index (χ0v) is 19.7. The molecule has 0 atom stereocenters. The van der Waals surface area contributed by atoms with Gasteiger partial charge < -0.3 is 24.8 Å². The van der Waals surface area contributed by atoms with E-state index >= 15 is 0 Å². The monoisotopic (exact) mass is 447 g/mol. The number of benzene rings is 1. The van der Waals surface area contributed by atoms with E-state index in [0.717, 1.165) is 29.0 Å². The van der Waals surface area contributed by atoms with Crippen LogP contribution in [0.1, 0.15) is 46.5 Å². The molecule has 0 spiro atoms. The minimum atomic E-state index is -0.671. The lowest BCUT2D eigenvalue weighted by atomic mass is 9.66. The maximum atomic E-state index is 13.2. The Labute approximate surface area is 187 Å². The fraction of sp³-hybridized carbons (Fsp3) is 0.652. The topological polar surface area (TPSA) is 83.9 Å². The first-order valence-corrected chi connectivity index (χ1v) is 11.9. The van der Waals surface area contributed by atoms with Gasteiger partial charge in [-0.1, -0.05) is 32.1 Å². The van der Waals surface area contributed by atoms with Gasteiger partial charge in [0.25, 0.3) is 0 Å². The third kappa shape index (κ3) is 4.25. The van der Waals surface area contributed by atoms with Gasteiger partial charge in [0.1, 0.15) is 11.3 Å². The molecule has 2 aliphatic rings. The first-order valence-electron chi connectivity index (χ1n) is 11.1. The van der Waals surface area contributed by atoms with Crippen molar-refractivity contribution in [2.75, 3.05) is 43.6 Å². The van der Waals surface area contributed by atoms with Crippen LogP contribution in [0.5, 0.6) is 5.75 Å². The molecule has 1 saturated carbocycles. The smallest absolute Gasteiger partial charge is 0.232 e. The molecule has 4 rings (SSSR count). The van der Waals surface area contributed by atoms with Crippen LogP contribution in [0.2, 0.25) is 0 Å². The number of fused-ring (bicyclic) bond motifs is 1. The van der Waals surface area contributed by atoms with Gasteiger partial charge in [-0.3, -0.25) is 4.79 Å². The molecule has 7 nitrogen and oxygen atoms in total. The molecule has 0 radical (unpaired) electrons. The van der Waals surface area contributed by atoms with Crippen LogP contribution in [-0.2, 0) is 9.53 Å². The van der Waals surface area contributed by atoms with Crippen molar-refractivity contribution in [3.05, 3.63) is 12.1 Å². The zero-order valence-electron chi connectivity index (χ0n) is 18.9. The Morgan fingerprint density at radius 1 is 1.26 bits per heavy atom. The van der Waals surface area contributed by atoms with E-state index in [1.54, 1.807) is 7.11 Å². The summed E-state index contributed by atoms with van der Waals surface area (Å²) in [6.45, 7) is 9.16. The van der Waals surface area contributed by atoms with Gasteiger partial charge in [-0.15, -0.1) is 0 Å². The van der Waals surface area contributed by atoms with Crippen molar-refractivity contribution in [2.24, 2.45) is 11.3 Å². The second-order valence-electron chi connectivity index (χ2n) is 9.36. The summed E-state index contributed by atoms with van der Waals surface area (Å²) in [5.41, 5.74) is 0.698. The number of rotatable bonds is 5. The SMILES string of the molecule is COc1ccc(N2CCOCC2)c2sc(NC(=O)C3(C)CCC(O)(C(C)C)CC3)nc12. The van der Waals surface area contributed by atoms with Crippen LogP contribution >= 0.6 is 11.3 Å². The van der Waals surface area contributed by atoms with Crippen molar-refractivity contribution in [3.63, 3.8) is 0 Å². The Balaban J connectivity index is 1.56. The molecule has 0 unspecified atom stereocenters. The number of aliphatic hydroxyl groups is 1. The average molecular weight is 448 g/mol. The Morgan fingerprint density at radius 3 is 2.55 bits per heavy atom. The molecule has 1 aliphatic heterocycles. The summed E-state index contributed by atoms with van der Waals surface area (Å²) in [7, 11) is 1.64. The lowest BCUT2D eigenvalue weighted by molar-refractivity contribution is -0.131. The molecular weight excluding hydrogens is 414 g/mol. The molecule has 2 heterocycles. The van der Waals surface area contributed by atoms with Gasteiger partial charge in [0.2, 0.25) is 5.91 Å². The molecule has 1 aliphatic carbocycles. The first kappa shape index (κ1) is 22.3. The summed E-state index contributed by atoms with van der Waals surface area (Å²) in [5.74, 6) is 0.870. The quantitative estimate of drug-likeness (QED) is 0.720. The van der Waals surface area contributed by atoms with Gasteiger partial charge in [-0.25, -0.2) is 4.98 Å². The van der Waals surface area contributed by atoms with Crippen LogP contribution < -0.4 is 15.0 Å². The molecule has 31 heavy (non-hydrogen) atoms. The molecule has 2 aromatic rings. The van der Waals surface area contributed by atoms with Gasteiger partial charge in [0, 0.05) is 18.5 Å². The molecule has 170 valence electrons. The van der Waals surface area contributed by atoms with E-state index in [1.165, 1.54) is 11.3 Å². The van der Waals surface area contributed by atoms with E-state index in [1.807, 2.05) is 26.8 Å². The summed E-state index contributed by atoms with van der Waals surface area (Å²) in [4.78, 5) is 20.2. The average Bonchev–Trinajstić information content (AvgIpc) is 3.19. The highest BCUT2D eigenvalue weighted by atomic mass is 32.1. The van der Waals surface area contributed by atoms with Crippen molar-refractivity contribution in [2.45, 2.75) is 52.1 Å². The van der Waals surface area contributed by atoms with Crippen molar-refractivity contribution < 1.29 is 19.4 Å². The minimum Gasteiger partial charge on any atom is -0.494 e. The standard InChI is InChI=1S/C23H33N3O4S/c1-15(2)23(28)9-7-22(3,8-10-23)20(27)25-21-24-18-17(29-4)6-5-16(19(18)31-21)26-11-13-30-14-12-26/h5-6,15,28H,7-14H2,1-4H3,(H,24,25,27). The molecule has 1 aromatic carbocycles. The number of aromatic nitrogens is 1. The molecular formula is C23H33N3O4S. The molecule has 1 amide bonds. The van der Waals surface area contributed by atoms with Gasteiger partial charge in [0.15, 0.2) is 5.13 Å². The number of ether oxygens (including phenoxy) is 2. The highest BCUT2D eigenvalue weighted by molar-refractivity contribution is 7.23. The summed E-state index contributed by atoms with van der Waals surface area (Å²) in [6.07, 6.45) is 2.62. The number of nitrogens with one attached hydrogen (secondary N) is 1. The predicted molar refractivity (Wildman–Crippen MR) is 124 cm³/mol. The highest BCUT2D eigenvalue weighted by Gasteiger charge is 2.44. The molecule has 0 bridgehead atoms. The van der Waals surface area contributed by atoms with Crippen LogP contribution in [0.3, 0.4) is 0 Å². The van der Waals surface area contributed by atoms with Crippen LogP contribution in [0, 0.1) is 11.3 Å². The Morgan fingerprint density at radius 2 is 1.94 bits per heavy atom. The van der Waals surface area contributed by atoms with Gasteiger partial charge in [0.05, 0.1) is 36.3 Å². The number of amides is 1. The molecule has 2 fully saturated rings. The van der Waals surface area contributed by atoms with Crippen molar-refractivity contribution in [3.8, 4) is 5.75 Å². The minimum absolute atomic E-state index is 0.0238. The van der Waals surface area contributed by atoms with Gasteiger partial charge >= 0.3 is 0 Å². The highest BCUT2D eigenvalue weighted by Crippen LogP contribution is 2.45. The van der Waals surface area contributed by atoms with E-state index < -0.39 is 11.0 Å². The third-order valence-corrected chi connectivity index (χ3v) is 8.11. The Kier molecular flexibility index (Phi) is 6.16. The fourth-order valence-corrected chi connectivity index (χ4v) is 5.55. The number of thiazole rings is 1. The van der Waals surface area contributed by atoms with E-state index in [9.17, 15) is 9.90 Å². The number of anilines is 2. The van der Waals surface area contributed by atoms with Crippen LogP contribution in [0.4, 0.5) is 10.8 Å². The second-order valence-corrected chi connectivity index (χ2v) is 10.4. The number of morpholine rings is 1. The fourth-order valence-electron chi connectivity index (χ4n) is 4.53. The van der Waals surface area contributed by atoms with Gasteiger partial charge in [-0.05, 0) is 43.7 Å². The first-order chi connectivity index (χ1) is 14.8. The van der Waals surface area contributed by atoms with E-state index in [0.29, 0.717) is 49.8 Å². The lowest BCUT2D eigenvalue weighted by Crippen LogP contribution is -2.46. The molecule has 2 N–H and O–H groups in total. The normalized spacial score (nSPS) is 27.0. The Bertz CT molecular complexity index is 944. The maximum Gasteiger partial charge on any atom is 0.232 e. The van der Waals surface area contributed by atoms with Crippen molar-refractivity contribution >= 4 is 38.3 Å². The summed E-state index contributed by atoms with van der Waals surface area (Å²) in [6, 6.07) is 4.00. The van der Waals surface area contributed by atoms with E-state index in [-0.39, 0.29) is 11.8 Å². The molecule has 8 heteroatoms. The van der Waals surface area contributed by atoms with E-state index in [4.69, 9.17) is 14.5 Å². The lowest BCUT2D eigenvalue weighted by Gasteiger charge is -2.43. The summed E-state index contributed by atoms with van der Waals surface area (Å²) in [5, 5.41) is 14.4. The molecule has 1 aromatic heterocycles. The largest absolute Gasteiger partial charge is 0.494 e. The van der Waals surface area contributed by atoms with Crippen molar-refractivity contribution in [1.82, 2.24) is 4.98 Å². The number of nitrogens with zero attached hydrogens (tertiary/aromatic N) is 2. The number of hydrogen-bond acceptors (Lipinski definition) is 7. The Hall–Kier alpha value is -1.90. The van der Waals surface area contributed by atoms with Crippen LogP contribution in [0.15, 0.2) is 12.1 Å². The zero-order chi connectivity index (χ0) is 22.2. The number of carbonyl (C=O) groups excluding carboxylic acids is 1. The van der Waals surface area contributed by atoms with E-state index in [2.05, 4.69) is 16.3 Å². The number of hydrogen-bond donors (Lipinski definition) is 2. The van der Waals surface area contributed by atoms with Crippen LogP contribution in [-0.4, -0.2) is 55.0 Å².